The highest BCUT2D eigenvalue weighted by molar-refractivity contribution is 7.88. The molecule has 0 unspecified atom stereocenters. The van der Waals surface area contributed by atoms with Gasteiger partial charge in [0, 0.05) is 33.3 Å². The summed E-state index contributed by atoms with van der Waals surface area (Å²) in [6.07, 6.45) is 3.74. The van der Waals surface area contributed by atoms with Gasteiger partial charge in [0.2, 0.25) is 15.8 Å². The molecule has 0 spiro atoms. The summed E-state index contributed by atoms with van der Waals surface area (Å²) in [6, 6.07) is 17.1. The van der Waals surface area contributed by atoms with Crippen LogP contribution in [0.5, 0.6) is 0 Å². The first-order chi connectivity index (χ1) is 22.1. The summed E-state index contributed by atoms with van der Waals surface area (Å²) in [5.41, 5.74) is 5.43. The summed E-state index contributed by atoms with van der Waals surface area (Å²) in [4.78, 5) is 36.0. The predicted molar refractivity (Wildman–Crippen MR) is 171 cm³/mol. The van der Waals surface area contributed by atoms with E-state index >= 15 is 0 Å². The molecule has 0 radical (unpaired) electrons. The molecule has 1 aromatic heterocycles. The highest BCUT2D eigenvalue weighted by Crippen LogP contribution is 2.47. The van der Waals surface area contributed by atoms with E-state index in [1.54, 1.807) is 47.4 Å². The highest BCUT2D eigenvalue weighted by atomic mass is 35.5. The van der Waals surface area contributed by atoms with Crippen molar-refractivity contribution in [3.63, 3.8) is 0 Å². The smallest absolute Gasteiger partial charge is 0.255 e. The van der Waals surface area contributed by atoms with Gasteiger partial charge < -0.3 is 4.90 Å². The van der Waals surface area contributed by atoms with Crippen molar-refractivity contribution in [3.8, 4) is 11.4 Å². The minimum Gasteiger partial charge on any atom is -0.326 e. The van der Waals surface area contributed by atoms with Crippen LogP contribution in [0.25, 0.3) is 11.4 Å². The largest absolute Gasteiger partial charge is 0.326 e. The Morgan fingerprint density at radius 3 is 2.61 bits per heavy atom. The summed E-state index contributed by atoms with van der Waals surface area (Å²) >= 11 is 13.0. The molecule has 2 heterocycles. The molecule has 1 fully saturated rings. The van der Waals surface area contributed by atoms with Crippen LogP contribution < -0.4 is 10.2 Å². The summed E-state index contributed by atoms with van der Waals surface area (Å²) < 4.78 is 27.5. The maximum atomic E-state index is 14.4. The first-order valence-corrected chi connectivity index (χ1v) is 17.3. The Bertz CT molecular complexity index is 1860. The quantitative estimate of drug-likeness (QED) is 0.217. The van der Waals surface area contributed by atoms with Crippen molar-refractivity contribution in [1.82, 2.24) is 35.7 Å². The van der Waals surface area contributed by atoms with Crippen LogP contribution in [0.2, 0.25) is 10.0 Å². The van der Waals surface area contributed by atoms with Crippen LogP contribution in [0.1, 0.15) is 64.7 Å². The number of aromatic amines is 1. The molecule has 2 aliphatic rings. The third-order valence-electron chi connectivity index (χ3n) is 8.33. The van der Waals surface area contributed by atoms with Gasteiger partial charge in [-0.25, -0.2) is 18.6 Å². The first-order valence-electron chi connectivity index (χ1n) is 14.7. The van der Waals surface area contributed by atoms with Crippen molar-refractivity contribution in [2.75, 3.05) is 6.26 Å². The molecule has 1 saturated carbocycles. The molecule has 3 N–H and O–H groups in total. The lowest BCUT2D eigenvalue weighted by molar-refractivity contribution is -0.138. The van der Waals surface area contributed by atoms with Gasteiger partial charge in [0.05, 0.1) is 24.8 Å². The summed E-state index contributed by atoms with van der Waals surface area (Å²) in [5.74, 6) is -1.36. The van der Waals surface area contributed by atoms with Gasteiger partial charge in [-0.2, -0.15) is 5.21 Å². The number of tetrazole rings is 1. The third-order valence-corrected chi connectivity index (χ3v) is 9.63. The highest BCUT2D eigenvalue weighted by Gasteiger charge is 2.49. The number of fused-ring (bicyclic) bond motifs is 1. The number of aromatic nitrogens is 4. The number of amides is 2. The number of halogens is 2. The minimum atomic E-state index is -3.60. The minimum absolute atomic E-state index is 0.0315. The normalized spacial score (nSPS) is 21.5. The average molecular weight is 685 g/mol. The van der Waals surface area contributed by atoms with Gasteiger partial charge in [-0.3, -0.25) is 14.4 Å². The third kappa shape index (κ3) is 6.79. The summed E-state index contributed by atoms with van der Waals surface area (Å²) in [5, 5.41) is 14.7. The van der Waals surface area contributed by atoms with Crippen LogP contribution in [0, 0.1) is 0 Å². The zero-order valence-corrected chi connectivity index (χ0v) is 27.0. The molecule has 46 heavy (non-hydrogen) atoms. The van der Waals surface area contributed by atoms with E-state index in [2.05, 4.69) is 30.8 Å². The number of nitrogens with one attached hydrogen (secondary N) is 3. The number of sulfonamides is 1. The molecule has 1 aliphatic carbocycles. The average Bonchev–Trinajstić information content (AvgIpc) is 3.57. The Kier molecular flexibility index (Phi) is 9.39. The Morgan fingerprint density at radius 1 is 1.04 bits per heavy atom. The Balaban J connectivity index is 1.37. The molecule has 12 nitrogen and oxygen atoms in total. The van der Waals surface area contributed by atoms with E-state index in [-0.39, 0.29) is 17.5 Å². The zero-order chi connectivity index (χ0) is 32.4. The van der Waals surface area contributed by atoms with E-state index in [1.807, 2.05) is 24.3 Å². The van der Waals surface area contributed by atoms with Crippen LogP contribution in [-0.2, 0) is 26.3 Å². The standard InChI is InChI=1S/C31H31Cl2N7O5S/c1-46(43,44)37-25-11-4-5-12-26(25)40-28(23-14-13-20(32)16-24(23)33)27(21-9-2-3-10-22(21)31(40)42)30(41)36-45-17-18-7-6-8-19(15-18)29-34-38-39-35-29/h2-3,6-10,13-16,25-28,37H,4-5,11-12,17H2,1H3,(H,36,41)(H,34,35,38,39)/t25-,26-,27+,28-/m0/s1. The maximum absolute atomic E-state index is 14.4. The molecule has 0 saturated heterocycles. The van der Waals surface area contributed by atoms with Crippen molar-refractivity contribution >= 4 is 45.0 Å². The van der Waals surface area contributed by atoms with Gasteiger partial charge >= 0.3 is 0 Å². The predicted octanol–water partition coefficient (Wildman–Crippen LogP) is 4.56. The number of H-pyrrole nitrogens is 1. The fourth-order valence-corrected chi connectivity index (χ4v) is 7.81. The van der Waals surface area contributed by atoms with E-state index in [0.29, 0.717) is 40.4 Å². The Morgan fingerprint density at radius 2 is 1.85 bits per heavy atom. The number of carbonyl (C=O) groups is 2. The van der Waals surface area contributed by atoms with Crippen LogP contribution in [0.15, 0.2) is 66.7 Å². The van der Waals surface area contributed by atoms with Gasteiger partial charge in [-0.15, -0.1) is 10.2 Å². The number of hydrogen-bond donors (Lipinski definition) is 3. The fourth-order valence-electron chi connectivity index (χ4n) is 6.47. The lowest BCUT2D eigenvalue weighted by Gasteiger charge is -2.49. The van der Waals surface area contributed by atoms with E-state index in [9.17, 15) is 18.0 Å². The lowest BCUT2D eigenvalue weighted by atomic mass is 9.76. The Hall–Kier alpha value is -3.88. The number of hydroxylamine groups is 1. The molecular weight excluding hydrogens is 653 g/mol. The monoisotopic (exact) mass is 683 g/mol. The fraction of sp³-hybridized carbons (Fsp3) is 0.323. The zero-order valence-electron chi connectivity index (χ0n) is 24.7. The second-order valence-electron chi connectivity index (χ2n) is 11.4. The number of carbonyl (C=O) groups excluding carboxylic acids is 2. The van der Waals surface area contributed by atoms with Crippen molar-refractivity contribution in [3.05, 3.63) is 99.0 Å². The van der Waals surface area contributed by atoms with Crippen LogP contribution in [0.4, 0.5) is 0 Å². The topological polar surface area (TPSA) is 159 Å². The number of hydrogen-bond acceptors (Lipinski definition) is 8. The first kappa shape index (κ1) is 32.1. The number of nitrogens with zero attached hydrogens (tertiary/aromatic N) is 4. The van der Waals surface area contributed by atoms with E-state index in [1.165, 1.54) is 0 Å². The van der Waals surface area contributed by atoms with Gasteiger partial charge in [0.25, 0.3) is 11.8 Å². The van der Waals surface area contributed by atoms with E-state index < -0.39 is 40.0 Å². The second-order valence-corrected chi connectivity index (χ2v) is 14.1. The molecule has 2 amide bonds. The van der Waals surface area contributed by atoms with Crippen molar-refractivity contribution in [2.24, 2.45) is 0 Å². The number of benzene rings is 3. The maximum Gasteiger partial charge on any atom is 0.255 e. The molecule has 0 bridgehead atoms. The van der Waals surface area contributed by atoms with E-state index in [4.69, 9.17) is 28.0 Å². The van der Waals surface area contributed by atoms with Gasteiger partial charge in [0.1, 0.15) is 0 Å². The SMILES string of the molecule is CS(=O)(=O)N[C@H]1CCCC[C@@H]1N1C(=O)c2ccccc2[C@@H](C(=O)NOCc2cccc(-c3nn[nH]n3)c2)[C@@H]1c1ccc(Cl)cc1Cl. The molecule has 6 rings (SSSR count). The molecule has 4 aromatic rings. The summed E-state index contributed by atoms with van der Waals surface area (Å²) in [7, 11) is -3.60. The lowest BCUT2D eigenvalue weighted by Crippen LogP contribution is -2.59. The molecule has 15 heteroatoms. The summed E-state index contributed by atoms with van der Waals surface area (Å²) in [6.45, 7) is 0.0315. The number of rotatable bonds is 9. The van der Waals surface area contributed by atoms with Gasteiger partial charge in [-0.05, 0) is 59.0 Å². The molecule has 4 atom stereocenters. The second kappa shape index (κ2) is 13.5. The Labute approximate surface area is 275 Å². The molecular formula is C31H31Cl2N7O5S. The molecule has 3 aromatic carbocycles. The van der Waals surface area contributed by atoms with Crippen LogP contribution in [-0.4, -0.2) is 64.1 Å². The van der Waals surface area contributed by atoms with Crippen molar-refractivity contribution in [1.29, 1.82) is 0 Å². The van der Waals surface area contributed by atoms with Crippen molar-refractivity contribution < 1.29 is 22.8 Å². The van der Waals surface area contributed by atoms with Gasteiger partial charge in [0.15, 0.2) is 0 Å². The van der Waals surface area contributed by atoms with Crippen LogP contribution in [0.3, 0.4) is 0 Å². The van der Waals surface area contributed by atoms with E-state index in [0.717, 1.165) is 30.2 Å². The van der Waals surface area contributed by atoms with Crippen molar-refractivity contribution in [2.45, 2.75) is 56.3 Å². The molecule has 1 aliphatic heterocycles. The van der Waals surface area contributed by atoms with Gasteiger partial charge in [-0.1, -0.05) is 78.5 Å². The molecule has 240 valence electrons. The van der Waals surface area contributed by atoms with Crippen LogP contribution >= 0.6 is 23.2 Å².